The molecule has 0 aliphatic heterocycles. The van der Waals surface area contributed by atoms with Gasteiger partial charge in [0.15, 0.2) is 0 Å². The molecule has 1 aromatic carbocycles. The van der Waals surface area contributed by atoms with Crippen LogP contribution in [0, 0.1) is 0 Å². The van der Waals surface area contributed by atoms with Gasteiger partial charge in [-0.05, 0) is 25.1 Å². The first-order chi connectivity index (χ1) is 7.95. The third-order valence-electron chi connectivity index (χ3n) is 2.17. The summed E-state index contributed by atoms with van der Waals surface area (Å²) in [7, 11) is 1.34. The molecule has 0 fully saturated rings. The first-order valence-corrected chi connectivity index (χ1v) is 6.09. The first kappa shape index (κ1) is 13.9. The highest BCUT2D eigenvalue weighted by Gasteiger charge is 2.15. The van der Waals surface area contributed by atoms with Crippen LogP contribution >= 0.6 is 28.1 Å². The largest absolute Gasteiger partial charge is 0.467 e. The number of anilines is 1. The topological polar surface area (TPSA) is 64.3 Å². The highest BCUT2D eigenvalue weighted by atomic mass is 79.9. The predicted molar refractivity (Wildman–Crippen MR) is 75.1 cm³/mol. The van der Waals surface area contributed by atoms with Crippen LogP contribution in [0.1, 0.15) is 12.5 Å². The van der Waals surface area contributed by atoms with Gasteiger partial charge in [0.2, 0.25) is 0 Å². The molecular weight excluding hydrogens is 304 g/mol. The van der Waals surface area contributed by atoms with Crippen molar-refractivity contribution in [3.8, 4) is 0 Å². The van der Waals surface area contributed by atoms with E-state index < -0.39 is 6.04 Å². The second-order valence-corrected chi connectivity index (χ2v) is 4.80. The van der Waals surface area contributed by atoms with E-state index >= 15 is 0 Å². The van der Waals surface area contributed by atoms with Crippen molar-refractivity contribution in [2.75, 3.05) is 12.4 Å². The molecule has 1 atom stereocenters. The van der Waals surface area contributed by atoms with Crippen molar-refractivity contribution in [1.29, 1.82) is 0 Å². The average molecular weight is 317 g/mol. The summed E-state index contributed by atoms with van der Waals surface area (Å²) < 4.78 is 5.51. The van der Waals surface area contributed by atoms with Crippen molar-refractivity contribution in [3.63, 3.8) is 0 Å². The standard InChI is InChI=1S/C11H13BrN2O2S/c1-6(11(15)16-2)14-9-4-3-7(12)5-8(9)10(13)17/h3-6,14H,1-2H3,(H2,13,17). The number of rotatable bonds is 4. The van der Waals surface area contributed by atoms with Gasteiger partial charge in [0.25, 0.3) is 0 Å². The SMILES string of the molecule is COC(=O)C(C)Nc1ccc(Br)cc1C(N)=S. The van der Waals surface area contributed by atoms with E-state index in [1.165, 1.54) is 7.11 Å². The number of carbonyl (C=O) groups excluding carboxylic acids is 1. The maximum atomic E-state index is 11.3. The Bertz CT molecular complexity index is 451. The molecule has 0 amide bonds. The molecule has 3 N–H and O–H groups in total. The van der Waals surface area contributed by atoms with E-state index in [-0.39, 0.29) is 11.0 Å². The monoisotopic (exact) mass is 316 g/mol. The zero-order valence-corrected chi connectivity index (χ0v) is 11.9. The van der Waals surface area contributed by atoms with Crippen molar-refractivity contribution >= 4 is 44.8 Å². The molecule has 17 heavy (non-hydrogen) atoms. The molecule has 0 radical (unpaired) electrons. The maximum Gasteiger partial charge on any atom is 0.327 e. The smallest absolute Gasteiger partial charge is 0.327 e. The lowest BCUT2D eigenvalue weighted by Crippen LogP contribution is -2.28. The summed E-state index contributed by atoms with van der Waals surface area (Å²) in [6.45, 7) is 1.71. The van der Waals surface area contributed by atoms with E-state index in [2.05, 4.69) is 26.0 Å². The fraction of sp³-hybridized carbons (Fsp3) is 0.273. The summed E-state index contributed by atoms with van der Waals surface area (Å²) in [4.78, 5) is 11.6. The number of nitrogens with one attached hydrogen (secondary N) is 1. The zero-order valence-electron chi connectivity index (χ0n) is 9.49. The number of methoxy groups -OCH3 is 1. The number of halogens is 1. The summed E-state index contributed by atoms with van der Waals surface area (Å²) >= 11 is 8.30. The molecule has 0 saturated heterocycles. The van der Waals surface area contributed by atoms with E-state index in [1.807, 2.05) is 6.07 Å². The molecule has 0 spiro atoms. The molecule has 0 aromatic heterocycles. The number of esters is 1. The summed E-state index contributed by atoms with van der Waals surface area (Å²) in [5, 5.41) is 3.01. The number of thiocarbonyl (C=S) groups is 1. The third-order valence-corrected chi connectivity index (χ3v) is 2.89. The predicted octanol–water partition coefficient (Wildman–Crippen LogP) is 2.06. The van der Waals surface area contributed by atoms with Gasteiger partial charge < -0.3 is 15.8 Å². The number of nitrogens with two attached hydrogens (primary N) is 1. The molecule has 0 aliphatic carbocycles. The molecule has 0 bridgehead atoms. The minimum Gasteiger partial charge on any atom is -0.467 e. The minimum absolute atomic E-state index is 0.269. The lowest BCUT2D eigenvalue weighted by molar-refractivity contribution is -0.141. The van der Waals surface area contributed by atoms with E-state index in [1.54, 1.807) is 19.1 Å². The van der Waals surface area contributed by atoms with Gasteiger partial charge in [-0.25, -0.2) is 4.79 Å². The van der Waals surface area contributed by atoms with Gasteiger partial charge in [0.05, 0.1) is 7.11 Å². The molecule has 1 aromatic rings. The van der Waals surface area contributed by atoms with Crippen LogP contribution in [0.3, 0.4) is 0 Å². The number of benzene rings is 1. The van der Waals surface area contributed by atoms with Crippen molar-refractivity contribution < 1.29 is 9.53 Å². The molecule has 0 aliphatic rings. The molecule has 1 rings (SSSR count). The van der Waals surface area contributed by atoms with Crippen LogP contribution in [0.15, 0.2) is 22.7 Å². The first-order valence-electron chi connectivity index (χ1n) is 4.89. The molecule has 1 unspecified atom stereocenters. The quantitative estimate of drug-likeness (QED) is 0.657. The molecule has 0 saturated carbocycles. The fourth-order valence-electron chi connectivity index (χ4n) is 1.32. The Kier molecular flexibility index (Phi) is 4.89. The van der Waals surface area contributed by atoms with Crippen molar-refractivity contribution in [2.45, 2.75) is 13.0 Å². The van der Waals surface area contributed by atoms with Gasteiger partial charge in [0.1, 0.15) is 11.0 Å². The van der Waals surface area contributed by atoms with E-state index in [9.17, 15) is 4.79 Å². The minimum atomic E-state index is -0.464. The van der Waals surface area contributed by atoms with Gasteiger partial charge in [-0.3, -0.25) is 0 Å². The molecular formula is C11H13BrN2O2S. The van der Waals surface area contributed by atoms with E-state index in [0.29, 0.717) is 11.3 Å². The Hall–Kier alpha value is -1.14. The van der Waals surface area contributed by atoms with Crippen LogP contribution in [0.4, 0.5) is 5.69 Å². The van der Waals surface area contributed by atoms with E-state index in [0.717, 1.165) is 4.47 Å². The average Bonchev–Trinajstić information content (AvgIpc) is 2.29. The number of ether oxygens (including phenoxy) is 1. The van der Waals surface area contributed by atoms with Crippen molar-refractivity contribution in [1.82, 2.24) is 0 Å². The summed E-state index contributed by atoms with van der Waals surface area (Å²) in [6, 6.07) is 4.98. The Morgan fingerprint density at radius 3 is 2.76 bits per heavy atom. The number of hydrogen-bond donors (Lipinski definition) is 2. The van der Waals surface area contributed by atoms with Gasteiger partial charge in [-0.2, -0.15) is 0 Å². The van der Waals surface area contributed by atoms with Crippen LogP contribution in [0.2, 0.25) is 0 Å². The highest BCUT2D eigenvalue weighted by Crippen LogP contribution is 2.21. The lowest BCUT2D eigenvalue weighted by atomic mass is 10.1. The summed E-state index contributed by atoms with van der Waals surface area (Å²) in [5.41, 5.74) is 7.01. The normalized spacial score (nSPS) is 11.7. The number of hydrogen-bond acceptors (Lipinski definition) is 4. The molecule has 92 valence electrons. The van der Waals surface area contributed by atoms with Crippen LogP contribution in [0.25, 0.3) is 0 Å². The lowest BCUT2D eigenvalue weighted by Gasteiger charge is -2.16. The zero-order chi connectivity index (χ0) is 13.0. The van der Waals surface area contributed by atoms with Crippen molar-refractivity contribution in [2.24, 2.45) is 5.73 Å². The van der Waals surface area contributed by atoms with Gasteiger partial charge in [-0.15, -0.1) is 0 Å². The van der Waals surface area contributed by atoms with Crippen LogP contribution in [-0.2, 0) is 9.53 Å². The Balaban J connectivity index is 2.98. The second-order valence-electron chi connectivity index (χ2n) is 3.44. The Morgan fingerprint density at radius 1 is 1.59 bits per heavy atom. The molecule has 0 heterocycles. The van der Waals surface area contributed by atoms with Gasteiger partial charge >= 0.3 is 5.97 Å². The second kappa shape index (κ2) is 5.97. The van der Waals surface area contributed by atoms with E-state index in [4.69, 9.17) is 18.0 Å². The summed E-state index contributed by atoms with van der Waals surface area (Å²) in [5.74, 6) is -0.346. The fourth-order valence-corrected chi connectivity index (χ4v) is 1.85. The molecule has 6 heteroatoms. The summed E-state index contributed by atoms with van der Waals surface area (Å²) in [6.07, 6.45) is 0. The van der Waals surface area contributed by atoms with Crippen LogP contribution in [-0.4, -0.2) is 24.1 Å². The maximum absolute atomic E-state index is 11.3. The third kappa shape index (κ3) is 3.67. The number of carbonyl (C=O) groups is 1. The molecule has 4 nitrogen and oxygen atoms in total. The van der Waals surface area contributed by atoms with Gasteiger partial charge in [0, 0.05) is 15.7 Å². The van der Waals surface area contributed by atoms with Crippen LogP contribution < -0.4 is 11.1 Å². The van der Waals surface area contributed by atoms with Crippen molar-refractivity contribution in [3.05, 3.63) is 28.2 Å². The Morgan fingerprint density at radius 2 is 2.24 bits per heavy atom. The van der Waals surface area contributed by atoms with Gasteiger partial charge in [-0.1, -0.05) is 28.1 Å². The van der Waals surface area contributed by atoms with Crippen LogP contribution in [0.5, 0.6) is 0 Å². The highest BCUT2D eigenvalue weighted by molar-refractivity contribution is 9.10. The Labute approximate surface area is 114 Å².